The molecule has 0 spiro atoms. The van der Waals surface area contributed by atoms with Crippen LogP contribution in [0.25, 0.3) is 0 Å². The highest BCUT2D eigenvalue weighted by Gasteiger charge is 2.15. The van der Waals surface area contributed by atoms with Crippen molar-refractivity contribution in [3.8, 4) is 0 Å². The van der Waals surface area contributed by atoms with Crippen LogP contribution >= 0.6 is 0 Å². The minimum atomic E-state index is -0.183. The predicted molar refractivity (Wildman–Crippen MR) is 80.1 cm³/mol. The number of hydrogen-bond donors (Lipinski definition) is 1. The Labute approximate surface area is 119 Å². The number of aromatic nitrogens is 2. The molecule has 0 fully saturated rings. The fraction of sp³-hybridized carbons (Fsp3) is 0.643. The van der Waals surface area contributed by atoms with Crippen LogP contribution < -0.4 is 10.5 Å². The number of rotatable bonds is 6. The minimum Gasteiger partial charge on any atom is -0.347 e. The van der Waals surface area contributed by atoms with Crippen LogP contribution in [0.2, 0.25) is 0 Å². The number of likely N-dealkylation sites (N-methyl/N-ethyl adjacent to an activating group) is 1. The molecule has 6 nitrogen and oxygen atoms in total. The van der Waals surface area contributed by atoms with Crippen LogP contribution in [0.4, 0.5) is 5.82 Å². The highest BCUT2D eigenvalue weighted by Crippen LogP contribution is 2.13. The maximum atomic E-state index is 11.9. The molecule has 1 aromatic rings. The standard InChI is InChI=1S/C14H24N4O2/c1-6-7-18(9-13(20)17(4)5)11-8-12(19)16-14(15-11)10(2)3/h8,10H,6-7,9H2,1-5H3,(H,15,16,19). The Morgan fingerprint density at radius 2 is 2.05 bits per heavy atom. The summed E-state index contributed by atoms with van der Waals surface area (Å²) in [4.78, 5) is 34.2. The van der Waals surface area contributed by atoms with E-state index in [-0.39, 0.29) is 23.9 Å². The maximum absolute atomic E-state index is 11.9. The van der Waals surface area contributed by atoms with E-state index in [1.807, 2.05) is 25.7 Å². The van der Waals surface area contributed by atoms with Gasteiger partial charge in [-0.05, 0) is 6.42 Å². The molecule has 1 rings (SSSR count). The van der Waals surface area contributed by atoms with Gasteiger partial charge < -0.3 is 14.8 Å². The van der Waals surface area contributed by atoms with Crippen molar-refractivity contribution >= 4 is 11.7 Å². The largest absolute Gasteiger partial charge is 0.347 e. The van der Waals surface area contributed by atoms with Crippen molar-refractivity contribution in [2.45, 2.75) is 33.1 Å². The molecule has 0 saturated carbocycles. The second-order valence-corrected chi connectivity index (χ2v) is 5.35. The molecule has 0 saturated heterocycles. The molecule has 0 radical (unpaired) electrons. The molecule has 1 N–H and O–H groups in total. The SMILES string of the molecule is CCCN(CC(=O)N(C)C)c1cc(=O)[nH]c(C(C)C)n1. The van der Waals surface area contributed by atoms with E-state index in [2.05, 4.69) is 9.97 Å². The van der Waals surface area contributed by atoms with E-state index >= 15 is 0 Å². The maximum Gasteiger partial charge on any atom is 0.252 e. The first-order chi connectivity index (χ1) is 9.35. The summed E-state index contributed by atoms with van der Waals surface area (Å²) in [6.45, 7) is 6.89. The van der Waals surface area contributed by atoms with Gasteiger partial charge >= 0.3 is 0 Å². The van der Waals surface area contributed by atoms with Gasteiger partial charge in [0.2, 0.25) is 5.91 Å². The van der Waals surface area contributed by atoms with E-state index in [4.69, 9.17) is 0 Å². The number of anilines is 1. The van der Waals surface area contributed by atoms with Crippen LogP contribution in [0, 0.1) is 0 Å². The monoisotopic (exact) mass is 280 g/mol. The summed E-state index contributed by atoms with van der Waals surface area (Å²) < 4.78 is 0. The van der Waals surface area contributed by atoms with Crippen LogP contribution in [-0.4, -0.2) is 48.0 Å². The molecule has 0 unspecified atom stereocenters. The van der Waals surface area contributed by atoms with Crippen molar-refractivity contribution in [3.05, 3.63) is 22.2 Å². The average molecular weight is 280 g/mol. The van der Waals surface area contributed by atoms with Gasteiger partial charge in [-0.1, -0.05) is 20.8 Å². The molecule has 1 aromatic heterocycles. The lowest BCUT2D eigenvalue weighted by molar-refractivity contribution is -0.127. The lowest BCUT2D eigenvalue weighted by Crippen LogP contribution is -2.38. The first-order valence-electron chi connectivity index (χ1n) is 6.91. The average Bonchev–Trinajstić information content (AvgIpc) is 2.37. The van der Waals surface area contributed by atoms with Crippen molar-refractivity contribution in [1.82, 2.24) is 14.9 Å². The zero-order valence-electron chi connectivity index (χ0n) is 12.9. The Bertz CT molecular complexity index is 508. The Kier molecular flexibility index (Phi) is 5.73. The number of carbonyl (C=O) groups excluding carboxylic acids is 1. The van der Waals surface area contributed by atoms with Gasteiger partial charge in [0.1, 0.15) is 11.6 Å². The molecule has 0 bridgehead atoms. The molecule has 0 atom stereocenters. The summed E-state index contributed by atoms with van der Waals surface area (Å²) in [5.74, 6) is 1.34. The lowest BCUT2D eigenvalue weighted by atomic mass is 10.2. The van der Waals surface area contributed by atoms with Crippen molar-refractivity contribution in [1.29, 1.82) is 0 Å². The number of nitrogens with zero attached hydrogens (tertiary/aromatic N) is 3. The zero-order valence-corrected chi connectivity index (χ0v) is 12.9. The summed E-state index contributed by atoms with van der Waals surface area (Å²) in [5.41, 5.74) is -0.183. The topological polar surface area (TPSA) is 69.3 Å². The third-order valence-electron chi connectivity index (χ3n) is 2.94. The zero-order chi connectivity index (χ0) is 15.3. The van der Waals surface area contributed by atoms with E-state index < -0.39 is 0 Å². The summed E-state index contributed by atoms with van der Waals surface area (Å²) >= 11 is 0. The Morgan fingerprint density at radius 1 is 1.40 bits per heavy atom. The van der Waals surface area contributed by atoms with Gasteiger partial charge in [0.05, 0.1) is 6.54 Å². The highest BCUT2D eigenvalue weighted by molar-refractivity contribution is 5.80. The van der Waals surface area contributed by atoms with E-state index in [0.717, 1.165) is 6.42 Å². The molecule has 0 aliphatic carbocycles. The molecule has 6 heteroatoms. The fourth-order valence-electron chi connectivity index (χ4n) is 1.75. The molecule has 0 aromatic carbocycles. The van der Waals surface area contributed by atoms with Crippen LogP contribution in [0.1, 0.15) is 38.9 Å². The van der Waals surface area contributed by atoms with Gasteiger partial charge in [-0.2, -0.15) is 0 Å². The normalized spacial score (nSPS) is 10.7. The summed E-state index contributed by atoms with van der Waals surface area (Å²) in [6.07, 6.45) is 0.881. The van der Waals surface area contributed by atoms with Crippen molar-refractivity contribution in [3.63, 3.8) is 0 Å². The summed E-state index contributed by atoms with van der Waals surface area (Å²) in [5, 5.41) is 0. The minimum absolute atomic E-state index is 0.00775. The van der Waals surface area contributed by atoms with E-state index in [0.29, 0.717) is 18.2 Å². The van der Waals surface area contributed by atoms with E-state index in [9.17, 15) is 9.59 Å². The number of hydrogen-bond acceptors (Lipinski definition) is 4. The molecule has 1 heterocycles. The van der Waals surface area contributed by atoms with Gasteiger partial charge in [-0.3, -0.25) is 9.59 Å². The van der Waals surface area contributed by atoms with Gasteiger partial charge in [0.15, 0.2) is 0 Å². The fourth-order valence-corrected chi connectivity index (χ4v) is 1.75. The molecular weight excluding hydrogens is 256 g/mol. The first kappa shape index (κ1) is 16.2. The van der Waals surface area contributed by atoms with Crippen LogP contribution in [0.15, 0.2) is 10.9 Å². The lowest BCUT2D eigenvalue weighted by Gasteiger charge is -2.24. The number of H-pyrrole nitrogens is 1. The number of carbonyl (C=O) groups is 1. The second kappa shape index (κ2) is 7.07. The predicted octanol–water partition coefficient (Wildman–Crippen LogP) is 1.20. The first-order valence-corrected chi connectivity index (χ1v) is 6.91. The molecule has 20 heavy (non-hydrogen) atoms. The Hall–Kier alpha value is -1.85. The molecular formula is C14H24N4O2. The van der Waals surface area contributed by atoms with Crippen molar-refractivity contribution < 1.29 is 4.79 Å². The second-order valence-electron chi connectivity index (χ2n) is 5.35. The van der Waals surface area contributed by atoms with Crippen LogP contribution in [-0.2, 0) is 4.79 Å². The van der Waals surface area contributed by atoms with Gasteiger partial charge in [-0.25, -0.2) is 4.98 Å². The highest BCUT2D eigenvalue weighted by atomic mass is 16.2. The quantitative estimate of drug-likeness (QED) is 0.850. The molecule has 112 valence electrons. The molecule has 0 aliphatic rings. The molecule has 1 amide bonds. The van der Waals surface area contributed by atoms with Crippen molar-refractivity contribution in [2.75, 3.05) is 32.1 Å². The van der Waals surface area contributed by atoms with Gasteiger partial charge in [0.25, 0.3) is 5.56 Å². The smallest absolute Gasteiger partial charge is 0.252 e. The molecule has 0 aliphatic heterocycles. The summed E-state index contributed by atoms with van der Waals surface area (Å²) in [6, 6.07) is 1.45. The van der Waals surface area contributed by atoms with Crippen LogP contribution in [0.5, 0.6) is 0 Å². The summed E-state index contributed by atoms with van der Waals surface area (Å²) in [7, 11) is 3.44. The third-order valence-corrected chi connectivity index (χ3v) is 2.94. The number of amides is 1. The Balaban J connectivity index is 3.08. The van der Waals surface area contributed by atoms with Crippen molar-refractivity contribution in [2.24, 2.45) is 0 Å². The number of aromatic amines is 1. The van der Waals surface area contributed by atoms with E-state index in [1.54, 1.807) is 19.0 Å². The van der Waals surface area contributed by atoms with Gasteiger partial charge in [-0.15, -0.1) is 0 Å². The van der Waals surface area contributed by atoms with Gasteiger partial charge in [0, 0.05) is 32.6 Å². The third kappa shape index (κ3) is 4.36. The number of nitrogens with one attached hydrogen (secondary N) is 1. The van der Waals surface area contributed by atoms with Crippen LogP contribution in [0.3, 0.4) is 0 Å². The Morgan fingerprint density at radius 3 is 2.55 bits per heavy atom. The van der Waals surface area contributed by atoms with E-state index in [1.165, 1.54) is 6.07 Å².